The van der Waals surface area contributed by atoms with Gasteiger partial charge < -0.3 is 10.6 Å². The molecular formula is C21H24N4O. The van der Waals surface area contributed by atoms with Gasteiger partial charge in [-0.15, -0.1) is 0 Å². The number of nitrogens with zero attached hydrogens (tertiary/aromatic N) is 2. The smallest absolute Gasteiger partial charge is 0.220 e. The van der Waals surface area contributed by atoms with Crippen LogP contribution in [0.4, 0.5) is 0 Å². The predicted octanol–water partition coefficient (Wildman–Crippen LogP) is 2.83. The fraction of sp³-hybridized carbons (Fsp3) is 0.333. The first kappa shape index (κ1) is 16.8. The number of imidazole rings is 1. The molecule has 0 saturated carbocycles. The van der Waals surface area contributed by atoms with Crippen molar-refractivity contribution in [3.8, 4) is 5.69 Å². The lowest BCUT2D eigenvalue weighted by molar-refractivity contribution is -0.121. The zero-order valence-electron chi connectivity index (χ0n) is 14.8. The van der Waals surface area contributed by atoms with Gasteiger partial charge in [-0.25, -0.2) is 4.98 Å². The fourth-order valence-electron chi connectivity index (χ4n) is 3.59. The van der Waals surface area contributed by atoms with E-state index in [0.717, 1.165) is 35.5 Å². The van der Waals surface area contributed by atoms with Crippen molar-refractivity contribution in [3.05, 3.63) is 60.4 Å². The predicted molar refractivity (Wildman–Crippen MR) is 103 cm³/mol. The fourth-order valence-corrected chi connectivity index (χ4v) is 3.59. The number of benzene rings is 2. The van der Waals surface area contributed by atoms with Gasteiger partial charge in [-0.05, 0) is 43.7 Å². The van der Waals surface area contributed by atoms with Gasteiger partial charge >= 0.3 is 0 Å². The normalized spacial score (nSPS) is 16.8. The van der Waals surface area contributed by atoms with Crippen molar-refractivity contribution in [2.45, 2.75) is 31.7 Å². The molecule has 1 atom stereocenters. The molecule has 0 bridgehead atoms. The molecule has 0 spiro atoms. The highest BCUT2D eigenvalue weighted by Crippen LogP contribution is 2.22. The Balaban J connectivity index is 1.50. The van der Waals surface area contributed by atoms with Gasteiger partial charge in [-0.1, -0.05) is 30.3 Å². The second kappa shape index (κ2) is 7.70. The van der Waals surface area contributed by atoms with Gasteiger partial charge in [0.25, 0.3) is 0 Å². The first-order valence-corrected chi connectivity index (χ1v) is 9.33. The summed E-state index contributed by atoms with van der Waals surface area (Å²) in [6, 6.07) is 18.7. The minimum Gasteiger partial charge on any atom is -0.355 e. The molecule has 2 N–H and O–H groups in total. The van der Waals surface area contributed by atoms with Crippen LogP contribution in [0.2, 0.25) is 0 Å². The molecule has 4 rings (SSSR count). The molecule has 134 valence electrons. The van der Waals surface area contributed by atoms with Crippen molar-refractivity contribution in [3.63, 3.8) is 0 Å². The van der Waals surface area contributed by atoms with Crippen LogP contribution in [-0.4, -0.2) is 34.6 Å². The summed E-state index contributed by atoms with van der Waals surface area (Å²) in [4.78, 5) is 17.0. The zero-order chi connectivity index (χ0) is 17.8. The van der Waals surface area contributed by atoms with Crippen LogP contribution < -0.4 is 10.6 Å². The van der Waals surface area contributed by atoms with Crippen LogP contribution in [0.5, 0.6) is 0 Å². The lowest BCUT2D eigenvalue weighted by Gasteiger charge is -2.12. The summed E-state index contributed by atoms with van der Waals surface area (Å²) in [5, 5.41) is 6.45. The SMILES string of the molecule is O=C(CCc1nc2ccccc2n1-c1ccccc1)NCC1CCCN1. The van der Waals surface area contributed by atoms with Gasteiger partial charge in [-0.2, -0.15) is 0 Å². The number of fused-ring (bicyclic) bond motifs is 1. The molecule has 0 aliphatic carbocycles. The summed E-state index contributed by atoms with van der Waals surface area (Å²) < 4.78 is 2.15. The minimum atomic E-state index is 0.0883. The number of hydrogen-bond acceptors (Lipinski definition) is 3. The van der Waals surface area contributed by atoms with Crippen molar-refractivity contribution >= 4 is 16.9 Å². The van der Waals surface area contributed by atoms with Gasteiger partial charge in [0.05, 0.1) is 11.0 Å². The van der Waals surface area contributed by atoms with Crippen LogP contribution in [0.15, 0.2) is 54.6 Å². The van der Waals surface area contributed by atoms with Gasteiger partial charge in [0.15, 0.2) is 0 Å². The van der Waals surface area contributed by atoms with Crippen LogP contribution in [-0.2, 0) is 11.2 Å². The zero-order valence-corrected chi connectivity index (χ0v) is 14.8. The van der Waals surface area contributed by atoms with Crippen molar-refractivity contribution < 1.29 is 4.79 Å². The maximum absolute atomic E-state index is 12.3. The van der Waals surface area contributed by atoms with E-state index in [1.165, 1.54) is 6.42 Å². The molecule has 1 saturated heterocycles. The molecule has 5 nitrogen and oxygen atoms in total. The number of hydrogen-bond donors (Lipinski definition) is 2. The summed E-state index contributed by atoms with van der Waals surface area (Å²) in [6.07, 6.45) is 3.40. The summed E-state index contributed by atoms with van der Waals surface area (Å²) in [5.41, 5.74) is 3.11. The lowest BCUT2D eigenvalue weighted by atomic mass is 10.2. The molecule has 2 aromatic carbocycles. The van der Waals surface area contributed by atoms with Gasteiger partial charge in [-0.3, -0.25) is 9.36 Å². The van der Waals surface area contributed by atoms with Gasteiger partial charge in [0.1, 0.15) is 5.82 Å². The van der Waals surface area contributed by atoms with E-state index in [2.05, 4.69) is 33.4 Å². The van der Waals surface area contributed by atoms with Crippen LogP contribution >= 0.6 is 0 Å². The Kier molecular flexibility index (Phi) is 4.97. The highest BCUT2D eigenvalue weighted by Gasteiger charge is 2.16. The average molecular weight is 348 g/mol. The van der Waals surface area contributed by atoms with Gasteiger partial charge in [0, 0.05) is 31.1 Å². The van der Waals surface area contributed by atoms with E-state index in [1.54, 1.807) is 0 Å². The van der Waals surface area contributed by atoms with Crippen molar-refractivity contribution in [2.24, 2.45) is 0 Å². The first-order chi connectivity index (χ1) is 12.8. The Morgan fingerprint density at radius 3 is 2.77 bits per heavy atom. The van der Waals surface area contributed by atoms with Crippen molar-refractivity contribution in [1.29, 1.82) is 0 Å². The number of amides is 1. The Bertz CT molecular complexity index is 881. The van der Waals surface area contributed by atoms with E-state index in [4.69, 9.17) is 4.98 Å². The first-order valence-electron chi connectivity index (χ1n) is 9.33. The molecule has 26 heavy (non-hydrogen) atoms. The molecule has 5 heteroatoms. The number of aromatic nitrogens is 2. The van der Waals surface area contributed by atoms with Crippen molar-refractivity contribution in [1.82, 2.24) is 20.2 Å². The molecule has 2 heterocycles. The molecule has 1 fully saturated rings. The number of rotatable bonds is 6. The largest absolute Gasteiger partial charge is 0.355 e. The van der Waals surface area contributed by atoms with E-state index >= 15 is 0 Å². The van der Waals surface area contributed by atoms with Crippen LogP contribution in [0, 0.1) is 0 Å². The molecular weight excluding hydrogens is 324 g/mol. The Hall–Kier alpha value is -2.66. The second-order valence-electron chi connectivity index (χ2n) is 6.79. The maximum Gasteiger partial charge on any atom is 0.220 e. The monoisotopic (exact) mass is 348 g/mol. The summed E-state index contributed by atoms with van der Waals surface area (Å²) in [7, 11) is 0. The average Bonchev–Trinajstić information content (AvgIpc) is 3.32. The lowest BCUT2D eigenvalue weighted by Crippen LogP contribution is -2.37. The highest BCUT2D eigenvalue weighted by molar-refractivity contribution is 5.79. The molecule has 3 aromatic rings. The van der Waals surface area contributed by atoms with Crippen LogP contribution in [0.3, 0.4) is 0 Å². The Labute approximate surface area is 153 Å². The molecule has 1 unspecified atom stereocenters. The van der Waals surface area contributed by atoms with Crippen molar-refractivity contribution in [2.75, 3.05) is 13.1 Å². The number of nitrogens with one attached hydrogen (secondary N) is 2. The second-order valence-corrected chi connectivity index (χ2v) is 6.79. The van der Waals surface area contributed by atoms with E-state index < -0.39 is 0 Å². The van der Waals surface area contributed by atoms with E-state index in [-0.39, 0.29) is 5.91 Å². The number of aryl methyl sites for hydroxylation is 1. The molecule has 1 aromatic heterocycles. The number of carbonyl (C=O) groups is 1. The third-order valence-electron chi connectivity index (χ3n) is 4.93. The summed E-state index contributed by atoms with van der Waals surface area (Å²) >= 11 is 0. The highest BCUT2D eigenvalue weighted by atomic mass is 16.1. The van der Waals surface area contributed by atoms with E-state index in [9.17, 15) is 4.79 Å². The Morgan fingerprint density at radius 2 is 1.96 bits per heavy atom. The van der Waals surface area contributed by atoms with Crippen LogP contribution in [0.25, 0.3) is 16.7 Å². The third kappa shape index (κ3) is 3.63. The molecule has 0 radical (unpaired) electrons. The van der Waals surface area contributed by atoms with E-state index in [1.807, 2.05) is 36.4 Å². The standard InChI is InChI=1S/C21H24N4O/c26-21(23-15-16-7-6-14-22-16)13-12-20-24-18-10-4-5-11-19(18)25(20)17-8-2-1-3-9-17/h1-5,8-11,16,22H,6-7,12-15H2,(H,23,26). The molecule has 1 aliphatic rings. The summed E-state index contributed by atoms with van der Waals surface area (Å²) in [5.74, 6) is 1.01. The number of carbonyl (C=O) groups excluding carboxylic acids is 1. The minimum absolute atomic E-state index is 0.0883. The topological polar surface area (TPSA) is 59.0 Å². The Morgan fingerprint density at radius 1 is 1.15 bits per heavy atom. The third-order valence-corrected chi connectivity index (χ3v) is 4.93. The summed E-state index contributed by atoms with van der Waals surface area (Å²) in [6.45, 7) is 1.77. The quantitative estimate of drug-likeness (QED) is 0.720. The molecule has 1 aliphatic heterocycles. The number of para-hydroxylation sites is 3. The van der Waals surface area contributed by atoms with E-state index in [0.29, 0.717) is 25.4 Å². The molecule has 1 amide bonds. The van der Waals surface area contributed by atoms with Crippen LogP contribution in [0.1, 0.15) is 25.1 Å². The van der Waals surface area contributed by atoms with Gasteiger partial charge in [0.2, 0.25) is 5.91 Å². The maximum atomic E-state index is 12.3.